The topological polar surface area (TPSA) is 20.3 Å². The highest BCUT2D eigenvalue weighted by molar-refractivity contribution is 5.75. The molecule has 0 amide bonds. The molecule has 1 aliphatic heterocycles. The van der Waals surface area contributed by atoms with E-state index in [2.05, 4.69) is 4.90 Å². The molecule has 2 rings (SSSR count). The summed E-state index contributed by atoms with van der Waals surface area (Å²) in [6.07, 6.45) is 12.1. The Labute approximate surface area is 112 Å². The molecule has 1 aliphatic carbocycles. The van der Waals surface area contributed by atoms with E-state index in [1.165, 1.54) is 58.0 Å². The molecule has 0 unspecified atom stereocenters. The van der Waals surface area contributed by atoms with Crippen LogP contribution in [-0.4, -0.2) is 30.3 Å². The van der Waals surface area contributed by atoms with Crippen LogP contribution in [0.5, 0.6) is 0 Å². The zero-order chi connectivity index (χ0) is 12.8. The lowest BCUT2D eigenvalue weighted by Gasteiger charge is -2.37. The Morgan fingerprint density at radius 1 is 1.00 bits per heavy atom. The van der Waals surface area contributed by atoms with Crippen molar-refractivity contribution in [2.24, 2.45) is 11.8 Å². The van der Waals surface area contributed by atoms with Crippen LogP contribution in [0.15, 0.2) is 0 Å². The van der Waals surface area contributed by atoms with Crippen molar-refractivity contribution >= 4 is 5.78 Å². The zero-order valence-electron chi connectivity index (χ0n) is 12.0. The minimum Gasteiger partial charge on any atom is -0.303 e. The first-order valence-corrected chi connectivity index (χ1v) is 7.97. The van der Waals surface area contributed by atoms with Crippen LogP contribution in [0, 0.1) is 11.8 Å². The predicted molar refractivity (Wildman–Crippen MR) is 75.7 cm³/mol. The molecule has 2 fully saturated rings. The summed E-state index contributed by atoms with van der Waals surface area (Å²) >= 11 is 0. The fourth-order valence-corrected chi connectivity index (χ4v) is 3.81. The molecule has 2 aliphatic rings. The van der Waals surface area contributed by atoms with Crippen molar-refractivity contribution in [3.8, 4) is 0 Å². The maximum Gasteiger partial charge on any atom is 0.129 e. The van der Waals surface area contributed by atoms with Crippen LogP contribution in [0.4, 0.5) is 0 Å². The quantitative estimate of drug-likeness (QED) is 0.743. The Morgan fingerprint density at radius 3 is 2.22 bits per heavy atom. The Bertz CT molecular complexity index is 250. The van der Waals surface area contributed by atoms with E-state index >= 15 is 0 Å². The van der Waals surface area contributed by atoms with E-state index < -0.39 is 0 Å². The fourth-order valence-electron chi connectivity index (χ4n) is 3.81. The standard InChI is InChI=1S/C16H29NO/c1-14(18)6-5-11-17-12-9-16(10-13-17)15-7-3-2-4-8-15/h15-16H,2-13H2,1H3. The van der Waals surface area contributed by atoms with Gasteiger partial charge < -0.3 is 9.69 Å². The van der Waals surface area contributed by atoms with Gasteiger partial charge in [0.1, 0.15) is 5.78 Å². The summed E-state index contributed by atoms with van der Waals surface area (Å²) in [5, 5.41) is 0. The van der Waals surface area contributed by atoms with E-state index in [4.69, 9.17) is 0 Å². The first-order valence-electron chi connectivity index (χ1n) is 7.97. The molecule has 0 aromatic heterocycles. The molecule has 0 radical (unpaired) electrons. The Kier molecular flexibility index (Phi) is 5.68. The fraction of sp³-hybridized carbons (Fsp3) is 0.938. The Morgan fingerprint density at radius 2 is 1.61 bits per heavy atom. The van der Waals surface area contributed by atoms with Crippen molar-refractivity contribution < 1.29 is 4.79 Å². The number of rotatable bonds is 5. The predicted octanol–water partition coefficient (Wildman–Crippen LogP) is 3.65. The van der Waals surface area contributed by atoms with Crippen molar-refractivity contribution in [3.63, 3.8) is 0 Å². The maximum absolute atomic E-state index is 10.9. The maximum atomic E-state index is 10.9. The van der Waals surface area contributed by atoms with Gasteiger partial charge in [-0.05, 0) is 57.7 Å². The van der Waals surface area contributed by atoms with Gasteiger partial charge in [-0.15, -0.1) is 0 Å². The highest BCUT2D eigenvalue weighted by atomic mass is 16.1. The molecule has 0 bridgehead atoms. The van der Waals surface area contributed by atoms with E-state index in [1.54, 1.807) is 6.92 Å². The first-order chi connectivity index (χ1) is 8.75. The molecule has 104 valence electrons. The summed E-state index contributed by atoms with van der Waals surface area (Å²) in [7, 11) is 0. The average Bonchev–Trinajstić information content (AvgIpc) is 2.40. The number of likely N-dealkylation sites (tertiary alicyclic amines) is 1. The number of Topliss-reactive ketones (excluding diaryl/α,β-unsaturated/α-hetero) is 1. The van der Waals surface area contributed by atoms with Gasteiger partial charge in [0.2, 0.25) is 0 Å². The summed E-state index contributed by atoms with van der Waals surface area (Å²) in [4.78, 5) is 13.5. The van der Waals surface area contributed by atoms with Crippen LogP contribution in [0.25, 0.3) is 0 Å². The van der Waals surface area contributed by atoms with Gasteiger partial charge in [0, 0.05) is 6.42 Å². The smallest absolute Gasteiger partial charge is 0.129 e. The lowest BCUT2D eigenvalue weighted by atomic mass is 9.76. The van der Waals surface area contributed by atoms with Gasteiger partial charge in [0.25, 0.3) is 0 Å². The molecule has 18 heavy (non-hydrogen) atoms. The van der Waals surface area contributed by atoms with Crippen LogP contribution in [0.1, 0.15) is 64.7 Å². The van der Waals surface area contributed by atoms with Crippen LogP contribution in [0.2, 0.25) is 0 Å². The number of piperidine rings is 1. The summed E-state index contributed by atoms with van der Waals surface area (Å²) in [5.41, 5.74) is 0. The van der Waals surface area contributed by atoms with Crippen molar-refractivity contribution in [2.45, 2.75) is 64.7 Å². The zero-order valence-corrected chi connectivity index (χ0v) is 12.0. The third-order valence-electron chi connectivity index (χ3n) is 4.95. The van der Waals surface area contributed by atoms with E-state index in [1.807, 2.05) is 0 Å². The molecule has 0 N–H and O–H groups in total. The second-order valence-electron chi connectivity index (χ2n) is 6.38. The van der Waals surface area contributed by atoms with Gasteiger partial charge in [-0.25, -0.2) is 0 Å². The van der Waals surface area contributed by atoms with E-state index in [-0.39, 0.29) is 0 Å². The third kappa shape index (κ3) is 4.38. The number of hydrogen-bond acceptors (Lipinski definition) is 2. The van der Waals surface area contributed by atoms with Gasteiger partial charge in [-0.2, -0.15) is 0 Å². The lowest BCUT2D eigenvalue weighted by molar-refractivity contribution is -0.117. The molecule has 0 aromatic rings. The summed E-state index contributed by atoms with van der Waals surface area (Å²) in [5.74, 6) is 2.39. The van der Waals surface area contributed by atoms with Crippen molar-refractivity contribution in [1.82, 2.24) is 4.90 Å². The molecule has 1 saturated carbocycles. The molecule has 1 heterocycles. The van der Waals surface area contributed by atoms with Crippen LogP contribution >= 0.6 is 0 Å². The third-order valence-corrected chi connectivity index (χ3v) is 4.95. The number of carbonyl (C=O) groups is 1. The van der Waals surface area contributed by atoms with E-state index in [0.717, 1.165) is 31.2 Å². The molecule has 0 aromatic carbocycles. The second-order valence-corrected chi connectivity index (χ2v) is 6.38. The van der Waals surface area contributed by atoms with Gasteiger partial charge >= 0.3 is 0 Å². The van der Waals surface area contributed by atoms with Gasteiger partial charge in [0.15, 0.2) is 0 Å². The lowest BCUT2D eigenvalue weighted by Crippen LogP contribution is -2.37. The van der Waals surface area contributed by atoms with Crippen molar-refractivity contribution in [1.29, 1.82) is 0 Å². The monoisotopic (exact) mass is 251 g/mol. The molecular weight excluding hydrogens is 222 g/mol. The largest absolute Gasteiger partial charge is 0.303 e. The average molecular weight is 251 g/mol. The SMILES string of the molecule is CC(=O)CCCN1CCC(C2CCCCC2)CC1. The van der Waals surface area contributed by atoms with E-state index in [0.29, 0.717) is 5.78 Å². The number of ketones is 1. The number of nitrogens with zero attached hydrogens (tertiary/aromatic N) is 1. The number of carbonyl (C=O) groups excluding carboxylic acids is 1. The Balaban J connectivity index is 1.63. The molecule has 1 saturated heterocycles. The molecule has 2 heteroatoms. The summed E-state index contributed by atoms with van der Waals surface area (Å²) in [6, 6.07) is 0. The molecule has 2 nitrogen and oxygen atoms in total. The normalized spacial score (nSPS) is 24.3. The van der Waals surface area contributed by atoms with Crippen molar-refractivity contribution in [3.05, 3.63) is 0 Å². The molecule has 0 spiro atoms. The van der Waals surface area contributed by atoms with E-state index in [9.17, 15) is 4.79 Å². The molecule has 0 atom stereocenters. The summed E-state index contributed by atoms with van der Waals surface area (Å²) in [6.45, 7) is 5.39. The highest BCUT2D eigenvalue weighted by Gasteiger charge is 2.27. The van der Waals surface area contributed by atoms with Crippen LogP contribution in [0.3, 0.4) is 0 Å². The summed E-state index contributed by atoms with van der Waals surface area (Å²) < 4.78 is 0. The van der Waals surface area contributed by atoms with Crippen LogP contribution in [-0.2, 0) is 4.79 Å². The highest BCUT2D eigenvalue weighted by Crippen LogP contribution is 2.35. The molecular formula is C16H29NO. The minimum atomic E-state index is 0.340. The van der Waals surface area contributed by atoms with Gasteiger partial charge in [-0.1, -0.05) is 32.1 Å². The van der Waals surface area contributed by atoms with Gasteiger partial charge in [-0.3, -0.25) is 0 Å². The van der Waals surface area contributed by atoms with Crippen LogP contribution < -0.4 is 0 Å². The second kappa shape index (κ2) is 7.28. The van der Waals surface area contributed by atoms with Crippen molar-refractivity contribution in [2.75, 3.05) is 19.6 Å². The minimum absolute atomic E-state index is 0.340. The van der Waals surface area contributed by atoms with Gasteiger partial charge in [0.05, 0.1) is 0 Å². The first kappa shape index (κ1) is 14.0. The number of hydrogen-bond donors (Lipinski definition) is 0. The Hall–Kier alpha value is -0.370.